The number of halogens is 2. The van der Waals surface area contributed by atoms with E-state index >= 15 is 4.39 Å². The molecule has 3 atom stereocenters. The number of hydrogen-bond acceptors (Lipinski definition) is 6. The Morgan fingerprint density at radius 1 is 1.00 bits per heavy atom. The molecule has 4 amide bonds. The molecule has 1 aromatic carbocycles. The summed E-state index contributed by atoms with van der Waals surface area (Å²) in [7, 11) is 0. The highest BCUT2D eigenvalue weighted by Crippen LogP contribution is 2.37. The van der Waals surface area contributed by atoms with E-state index in [1.54, 1.807) is 4.90 Å². The van der Waals surface area contributed by atoms with Crippen molar-refractivity contribution in [3.05, 3.63) is 28.8 Å². The summed E-state index contributed by atoms with van der Waals surface area (Å²) in [6.07, 6.45) is 0.823. The molecule has 5 aliphatic rings. The third kappa shape index (κ3) is 2.30. The molecule has 3 unspecified atom stereocenters. The molecule has 146 valence electrons. The van der Waals surface area contributed by atoms with Crippen molar-refractivity contribution in [1.82, 2.24) is 15.5 Å². The molecule has 10 heteroatoms. The van der Waals surface area contributed by atoms with E-state index in [1.807, 2.05) is 5.32 Å². The zero-order chi connectivity index (χ0) is 19.7. The van der Waals surface area contributed by atoms with Gasteiger partial charge in [-0.15, -0.1) is 0 Å². The number of hydrogen-bond donors (Lipinski definition) is 2. The molecular formula is C18H16F2N4O4. The summed E-state index contributed by atoms with van der Waals surface area (Å²) in [4.78, 5) is 51.1. The molecule has 6 rings (SSSR count). The van der Waals surface area contributed by atoms with Crippen LogP contribution in [0, 0.1) is 11.6 Å². The van der Waals surface area contributed by atoms with Gasteiger partial charge < -0.3 is 10.2 Å². The smallest absolute Gasteiger partial charge is 0.265 e. The molecule has 4 saturated heterocycles. The van der Waals surface area contributed by atoms with Gasteiger partial charge in [-0.1, -0.05) is 0 Å². The topological polar surface area (TPSA) is 98.8 Å². The molecule has 28 heavy (non-hydrogen) atoms. The standard InChI is InChI=1S/C18H16F2N4O4/c19-9-4-11(23-5-7-3-8(6-23)21-7)15(20)14-13(9)17(27)24(18(14)28)10-1-2-12(25)22-16(10)26/h4,7-8,10,21H,1-3,5-6H2,(H,22,25,26). The van der Waals surface area contributed by atoms with E-state index in [-0.39, 0.29) is 30.6 Å². The number of piperidine rings is 2. The Morgan fingerprint density at radius 3 is 2.29 bits per heavy atom. The number of piperazine rings is 1. The molecular weight excluding hydrogens is 374 g/mol. The van der Waals surface area contributed by atoms with Crippen molar-refractivity contribution in [2.45, 2.75) is 37.4 Å². The fourth-order valence-corrected chi connectivity index (χ4v) is 4.51. The van der Waals surface area contributed by atoms with Crippen LogP contribution in [0.1, 0.15) is 40.0 Å². The predicted octanol–water partition coefficient (Wildman–Crippen LogP) is -0.0835. The van der Waals surface area contributed by atoms with Gasteiger partial charge in [-0.05, 0) is 12.8 Å². The Kier molecular flexibility index (Phi) is 3.57. The van der Waals surface area contributed by atoms with Crippen LogP contribution in [0.2, 0.25) is 0 Å². The Morgan fingerprint density at radius 2 is 1.64 bits per heavy atom. The van der Waals surface area contributed by atoms with Crippen molar-refractivity contribution >= 4 is 29.3 Å². The number of carbonyl (C=O) groups excluding carboxylic acids is 4. The van der Waals surface area contributed by atoms with Crippen molar-refractivity contribution in [2.24, 2.45) is 0 Å². The highest BCUT2D eigenvalue weighted by atomic mass is 19.1. The van der Waals surface area contributed by atoms with Gasteiger partial charge in [0, 0.05) is 37.7 Å². The second kappa shape index (κ2) is 5.81. The zero-order valence-corrected chi connectivity index (χ0v) is 14.6. The largest absolute Gasteiger partial charge is 0.366 e. The summed E-state index contributed by atoms with van der Waals surface area (Å²) in [6, 6.07) is 0.0515. The molecule has 0 aliphatic carbocycles. The SMILES string of the molecule is O=C1CCC(N2C(=O)c3c(F)cc(N4CC5CC(C4)N5)c(F)c3C2=O)C(=O)N1. The monoisotopic (exact) mass is 390 g/mol. The molecule has 8 nitrogen and oxygen atoms in total. The molecule has 5 heterocycles. The number of carbonyl (C=O) groups is 4. The molecule has 0 radical (unpaired) electrons. The molecule has 1 aromatic rings. The van der Waals surface area contributed by atoms with Gasteiger partial charge in [0.2, 0.25) is 11.8 Å². The number of fused-ring (bicyclic) bond motifs is 3. The quantitative estimate of drug-likeness (QED) is 0.686. The summed E-state index contributed by atoms with van der Waals surface area (Å²) in [5.41, 5.74) is -1.35. The maximum atomic E-state index is 15.2. The predicted molar refractivity (Wildman–Crippen MR) is 90.6 cm³/mol. The van der Waals surface area contributed by atoms with E-state index in [0.717, 1.165) is 12.5 Å². The maximum absolute atomic E-state index is 15.2. The average molecular weight is 390 g/mol. The van der Waals surface area contributed by atoms with E-state index in [0.29, 0.717) is 18.0 Å². The lowest BCUT2D eigenvalue weighted by Gasteiger charge is -2.49. The van der Waals surface area contributed by atoms with E-state index in [4.69, 9.17) is 0 Å². The number of anilines is 1. The van der Waals surface area contributed by atoms with Crippen molar-refractivity contribution in [2.75, 3.05) is 18.0 Å². The Labute approximate surface area is 157 Å². The molecule has 0 aromatic heterocycles. The van der Waals surface area contributed by atoms with Crippen LogP contribution in [0.5, 0.6) is 0 Å². The molecule has 0 saturated carbocycles. The Hall–Kier alpha value is -2.88. The van der Waals surface area contributed by atoms with Gasteiger partial charge in [0.15, 0.2) is 5.82 Å². The molecule has 0 spiro atoms. The number of nitrogens with zero attached hydrogens (tertiary/aromatic N) is 2. The van der Waals surface area contributed by atoms with Crippen molar-refractivity contribution in [3.8, 4) is 0 Å². The Bertz CT molecular complexity index is 949. The zero-order valence-electron chi connectivity index (χ0n) is 14.6. The lowest BCUT2D eigenvalue weighted by molar-refractivity contribution is -0.136. The summed E-state index contributed by atoms with van der Waals surface area (Å²) >= 11 is 0. The van der Waals surface area contributed by atoms with E-state index < -0.39 is 52.4 Å². The summed E-state index contributed by atoms with van der Waals surface area (Å²) in [5, 5.41) is 5.33. The van der Waals surface area contributed by atoms with Gasteiger partial charge in [0.1, 0.15) is 11.9 Å². The van der Waals surface area contributed by atoms with Crippen LogP contribution in [-0.4, -0.2) is 59.7 Å². The second-order valence-electron chi connectivity index (χ2n) is 7.59. The lowest BCUT2D eigenvalue weighted by Crippen LogP contribution is -2.67. The summed E-state index contributed by atoms with van der Waals surface area (Å²) in [5.74, 6) is -5.39. The molecule has 4 fully saturated rings. The molecule has 2 N–H and O–H groups in total. The number of rotatable bonds is 2. The minimum absolute atomic E-state index is 0.0567. The minimum Gasteiger partial charge on any atom is -0.366 e. The number of amides is 4. The fraction of sp³-hybridized carbons (Fsp3) is 0.444. The average Bonchev–Trinajstić information content (AvgIpc) is 2.89. The highest BCUT2D eigenvalue weighted by Gasteiger charge is 2.49. The van der Waals surface area contributed by atoms with Crippen LogP contribution < -0.4 is 15.5 Å². The first kappa shape index (κ1) is 17.2. The first-order valence-electron chi connectivity index (χ1n) is 9.09. The van der Waals surface area contributed by atoms with Gasteiger partial charge in [-0.3, -0.25) is 29.4 Å². The van der Waals surface area contributed by atoms with Crippen molar-refractivity contribution in [1.29, 1.82) is 0 Å². The first-order chi connectivity index (χ1) is 13.3. The van der Waals surface area contributed by atoms with Crippen LogP contribution in [0.4, 0.5) is 14.5 Å². The first-order valence-corrected chi connectivity index (χ1v) is 9.09. The van der Waals surface area contributed by atoms with Gasteiger partial charge in [0.05, 0.1) is 16.8 Å². The fourth-order valence-electron chi connectivity index (χ4n) is 4.51. The van der Waals surface area contributed by atoms with Crippen LogP contribution in [0.3, 0.4) is 0 Å². The van der Waals surface area contributed by atoms with Crippen molar-refractivity contribution < 1.29 is 28.0 Å². The highest BCUT2D eigenvalue weighted by molar-refractivity contribution is 6.24. The number of imide groups is 2. The third-order valence-corrected chi connectivity index (χ3v) is 5.85. The number of nitrogens with one attached hydrogen (secondary N) is 2. The minimum atomic E-state index is -1.26. The third-order valence-electron chi connectivity index (χ3n) is 5.85. The maximum Gasteiger partial charge on any atom is 0.265 e. The Balaban J connectivity index is 1.53. The normalized spacial score (nSPS) is 29.0. The van der Waals surface area contributed by atoms with Crippen LogP contribution in [0.25, 0.3) is 0 Å². The van der Waals surface area contributed by atoms with Crippen LogP contribution >= 0.6 is 0 Å². The molecule has 5 aliphatic heterocycles. The molecule has 2 bridgehead atoms. The van der Waals surface area contributed by atoms with Crippen LogP contribution in [0.15, 0.2) is 6.07 Å². The number of benzene rings is 1. The van der Waals surface area contributed by atoms with E-state index in [2.05, 4.69) is 5.32 Å². The van der Waals surface area contributed by atoms with Gasteiger partial charge in [-0.2, -0.15) is 0 Å². The van der Waals surface area contributed by atoms with Gasteiger partial charge in [-0.25, -0.2) is 8.78 Å². The van der Waals surface area contributed by atoms with E-state index in [1.165, 1.54) is 0 Å². The van der Waals surface area contributed by atoms with E-state index in [9.17, 15) is 23.6 Å². The summed E-state index contributed by atoms with van der Waals surface area (Å²) < 4.78 is 30.0. The van der Waals surface area contributed by atoms with Gasteiger partial charge >= 0.3 is 0 Å². The lowest BCUT2D eigenvalue weighted by atomic mass is 9.90. The second-order valence-corrected chi connectivity index (χ2v) is 7.59. The van der Waals surface area contributed by atoms with Crippen LogP contribution in [-0.2, 0) is 9.59 Å². The van der Waals surface area contributed by atoms with Gasteiger partial charge in [0.25, 0.3) is 11.8 Å². The van der Waals surface area contributed by atoms with Crippen molar-refractivity contribution in [3.63, 3.8) is 0 Å². The summed E-state index contributed by atoms with van der Waals surface area (Å²) in [6.45, 7) is 0.954.